The molecule has 1 aromatic carbocycles. The van der Waals surface area contributed by atoms with Crippen LogP contribution in [-0.2, 0) is 12.8 Å². The van der Waals surface area contributed by atoms with Gasteiger partial charge in [-0.15, -0.1) is 0 Å². The van der Waals surface area contributed by atoms with Crippen molar-refractivity contribution in [2.24, 2.45) is 0 Å². The fourth-order valence-corrected chi connectivity index (χ4v) is 3.53. The van der Waals surface area contributed by atoms with Crippen molar-refractivity contribution in [2.45, 2.75) is 65.3 Å². The highest BCUT2D eigenvalue weighted by Gasteiger charge is 2.21. The fourth-order valence-electron chi connectivity index (χ4n) is 3.53. The van der Waals surface area contributed by atoms with Gasteiger partial charge < -0.3 is 14.8 Å². The summed E-state index contributed by atoms with van der Waals surface area (Å²) in [4.78, 5) is 4.93. The number of methoxy groups -OCH3 is 1. The molecule has 1 N–H and O–H groups in total. The molecule has 0 aliphatic heterocycles. The Labute approximate surface area is 150 Å². The van der Waals surface area contributed by atoms with Crippen LogP contribution in [0, 0.1) is 0 Å². The van der Waals surface area contributed by atoms with E-state index in [1.54, 1.807) is 7.11 Å². The van der Waals surface area contributed by atoms with Gasteiger partial charge in [0.15, 0.2) is 11.5 Å². The molecule has 2 aromatic rings. The summed E-state index contributed by atoms with van der Waals surface area (Å²) in [6.45, 7) is 7.27. The van der Waals surface area contributed by atoms with Gasteiger partial charge in [0.05, 0.1) is 19.2 Å². The Kier molecular flexibility index (Phi) is 5.67. The summed E-state index contributed by atoms with van der Waals surface area (Å²) in [5.74, 6) is 1.59. The van der Waals surface area contributed by atoms with Crippen LogP contribution in [0.25, 0.3) is 10.9 Å². The lowest BCUT2D eigenvalue weighted by Gasteiger charge is -2.19. The second-order valence-electron chi connectivity index (χ2n) is 7.14. The second kappa shape index (κ2) is 7.94. The molecule has 1 heterocycles. The Hall–Kier alpha value is -1.97. The van der Waals surface area contributed by atoms with E-state index in [1.165, 1.54) is 36.2 Å². The minimum atomic E-state index is 0.381. The summed E-state index contributed by atoms with van der Waals surface area (Å²) in [5.41, 5.74) is 4.83. The van der Waals surface area contributed by atoms with Crippen molar-refractivity contribution in [2.75, 3.05) is 19.0 Å². The summed E-state index contributed by atoms with van der Waals surface area (Å²) >= 11 is 0. The number of aryl methyl sites for hydroxylation is 1. The molecule has 0 saturated carbocycles. The van der Waals surface area contributed by atoms with E-state index < -0.39 is 0 Å². The SMILES string of the molecule is CCCCCOc1cc2nc3c(c(NC(C)C)c2cc1OC)CCC3. The topological polar surface area (TPSA) is 43.4 Å². The van der Waals surface area contributed by atoms with E-state index in [9.17, 15) is 0 Å². The Morgan fingerprint density at radius 3 is 2.72 bits per heavy atom. The number of unbranched alkanes of at least 4 members (excludes halogenated alkanes) is 2. The maximum Gasteiger partial charge on any atom is 0.163 e. The van der Waals surface area contributed by atoms with Crippen molar-refractivity contribution < 1.29 is 9.47 Å². The summed E-state index contributed by atoms with van der Waals surface area (Å²) in [7, 11) is 1.70. The van der Waals surface area contributed by atoms with E-state index in [0.717, 1.165) is 48.3 Å². The van der Waals surface area contributed by atoms with Crippen molar-refractivity contribution in [3.63, 3.8) is 0 Å². The van der Waals surface area contributed by atoms with Crippen LogP contribution in [0.1, 0.15) is 57.7 Å². The molecule has 0 amide bonds. The first-order chi connectivity index (χ1) is 12.1. The third-order valence-corrected chi connectivity index (χ3v) is 4.74. The predicted molar refractivity (Wildman–Crippen MR) is 104 cm³/mol. The first-order valence-electron chi connectivity index (χ1n) is 9.56. The molecule has 0 unspecified atom stereocenters. The second-order valence-corrected chi connectivity index (χ2v) is 7.14. The monoisotopic (exact) mass is 342 g/mol. The van der Waals surface area contributed by atoms with Crippen molar-refractivity contribution in [3.8, 4) is 11.5 Å². The number of nitrogens with zero attached hydrogens (tertiary/aromatic N) is 1. The van der Waals surface area contributed by atoms with Crippen LogP contribution >= 0.6 is 0 Å². The van der Waals surface area contributed by atoms with Gasteiger partial charge in [0.2, 0.25) is 0 Å². The molecule has 0 saturated heterocycles. The maximum atomic E-state index is 5.99. The van der Waals surface area contributed by atoms with E-state index in [4.69, 9.17) is 14.5 Å². The number of nitrogens with one attached hydrogen (secondary N) is 1. The van der Waals surface area contributed by atoms with Crippen LogP contribution in [0.5, 0.6) is 11.5 Å². The van der Waals surface area contributed by atoms with Gasteiger partial charge in [-0.25, -0.2) is 0 Å². The lowest BCUT2D eigenvalue weighted by Crippen LogP contribution is -2.12. The Morgan fingerprint density at radius 2 is 2.00 bits per heavy atom. The first-order valence-corrected chi connectivity index (χ1v) is 9.56. The highest BCUT2D eigenvalue weighted by atomic mass is 16.5. The maximum absolute atomic E-state index is 5.99. The fraction of sp³-hybridized carbons (Fsp3) is 0.571. The zero-order chi connectivity index (χ0) is 17.8. The molecule has 25 heavy (non-hydrogen) atoms. The van der Waals surface area contributed by atoms with Crippen LogP contribution in [0.3, 0.4) is 0 Å². The Morgan fingerprint density at radius 1 is 1.16 bits per heavy atom. The van der Waals surface area contributed by atoms with Crippen LogP contribution in [0.4, 0.5) is 5.69 Å². The summed E-state index contributed by atoms with van der Waals surface area (Å²) in [6, 6.07) is 4.51. The molecule has 0 radical (unpaired) electrons. The molecule has 0 atom stereocenters. The van der Waals surface area contributed by atoms with E-state index in [0.29, 0.717) is 6.04 Å². The number of fused-ring (bicyclic) bond motifs is 2. The number of anilines is 1. The number of benzene rings is 1. The largest absolute Gasteiger partial charge is 0.493 e. The van der Waals surface area contributed by atoms with Gasteiger partial charge in [0, 0.05) is 28.9 Å². The van der Waals surface area contributed by atoms with Crippen LogP contribution < -0.4 is 14.8 Å². The molecule has 0 fully saturated rings. The third-order valence-electron chi connectivity index (χ3n) is 4.74. The molecule has 1 aromatic heterocycles. The minimum Gasteiger partial charge on any atom is -0.493 e. The van der Waals surface area contributed by atoms with Gasteiger partial charge in [-0.3, -0.25) is 4.98 Å². The van der Waals surface area contributed by atoms with Crippen molar-refractivity contribution in [1.29, 1.82) is 0 Å². The Balaban J connectivity index is 2.03. The number of rotatable bonds is 8. The normalized spacial score (nSPS) is 13.3. The number of hydrogen-bond acceptors (Lipinski definition) is 4. The number of ether oxygens (including phenoxy) is 2. The molecule has 3 rings (SSSR count). The smallest absolute Gasteiger partial charge is 0.163 e. The van der Waals surface area contributed by atoms with Gasteiger partial charge in [0.1, 0.15) is 0 Å². The minimum absolute atomic E-state index is 0.381. The highest BCUT2D eigenvalue weighted by Crippen LogP contribution is 2.39. The molecule has 4 nitrogen and oxygen atoms in total. The molecule has 1 aliphatic rings. The molecule has 0 bridgehead atoms. The standard InChI is InChI=1S/C21H30N2O2/c1-5-6-7-11-25-20-13-18-16(12-19(20)24-4)21(22-14(2)3)15-9-8-10-17(15)23-18/h12-14H,5-11H2,1-4H3,(H,22,23). The molecular weight excluding hydrogens is 312 g/mol. The van der Waals surface area contributed by atoms with Gasteiger partial charge in [-0.05, 0) is 51.2 Å². The lowest BCUT2D eigenvalue weighted by molar-refractivity contribution is 0.286. The number of hydrogen-bond donors (Lipinski definition) is 1. The van der Waals surface area contributed by atoms with Gasteiger partial charge >= 0.3 is 0 Å². The molecule has 0 spiro atoms. The zero-order valence-electron chi connectivity index (χ0n) is 15.9. The summed E-state index contributed by atoms with van der Waals surface area (Å²) in [5, 5.41) is 4.77. The average Bonchev–Trinajstić information content (AvgIpc) is 3.06. The summed E-state index contributed by atoms with van der Waals surface area (Å²) < 4.78 is 11.6. The van der Waals surface area contributed by atoms with Gasteiger partial charge in [-0.1, -0.05) is 19.8 Å². The highest BCUT2D eigenvalue weighted by molar-refractivity contribution is 5.96. The predicted octanol–water partition coefficient (Wildman–Crippen LogP) is 5.12. The lowest BCUT2D eigenvalue weighted by atomic mass is 10.1. The molecule has 4 heteroatoms. The average molecular weight is 342 g/mol. The molecule has 1 aliphatic carbocycles. The van der Waals surface area contributed by atoms with Gasteiger partial charge in [0.25, 0.3) is 0 Å². The number of pyridine rings is 1. The molecular formula is C21H30N2O2. The van der Waals surface area contributed by atoms with E-state index in [-0.39, 0.29) is 0 Å². The Bertz CT molecular complexity index is 740. The van der Waals surface area contributed by atoms with E-state index >= 15 is 0 Å². The quantitative estimate of drug-likeness (QED) is 0.676. The van der Waals surface area contributed by atoms with E-state index in [1.807, 2.05) is 6.07 Å². The van der Waals surface area contributed by atoms with Gasteiger partial charge in [-0.2, -0.15) is 0 Å². The van der Waals surface area contributed by atoms with Crippen LogP contribution in [0.2, 0.25) is 0 Å². The zero-order valence-corrected chi connectivity index (χ0v) is 15.9. The number of aromatic nitrogens is 1. The van der Waals surface area contributed by atoms with E-state index in [2.05, 4.69) is 32.2 Å². The third kappa shape index (κ3) is 3.83. The summed E-state index contributed by atoms with van der Waals surface area (Å²) in [6.07, 6.45) is 6.79. The molecule has 136 valence electrons. The van der Waals surface area contributed by atoms with Crippen LogP contribution in [0.15, 0.2) is 12.1 Å². The van der Waals surface area contributed by atoms with Crippen molar-refractivity contribution in [3.05, 3.63) is 23.4 Å². The van der Waals surface area contributed by atoms with Crippen molar-refractivity contribution >= 4 is 16.6 Å². The van der Waals surface area contributed by atoms with Crippen LogP contribution in [-0.4, -0.2) is 24.7 Å². The first kappa shape index (κ1) is 17.8. The van der Waals surface area contributed by atoms with Crippen molar-refractivity contribution in [1.82, 2.24) is 4.98 Å².